The maximum Gasteiger partial charge on any atom is 0.251 e. The van der Waals surface area contributed by atoms with Gasteiger partial charge in [0.25, 0.3) is 5.91 Å². The predicted octanol–water partition coefficient (Wildman–Crippen LogP) is 2.68. The van der Waals surface area contributed by atoms with Crippen LogP contribution < -0.4 is 14.8 Å². The van der Waals surface area contributed by atoms with Crippen LogP contribution in [0.5, 0.6) is 11.5 Å². The van der Waals surface area contributed by atoms with Crippen LogP contribution in [0.4, 0.5) is 0 Å². The Labute approximate surface area is 140 Å². The zero-order chi connectivity index (χ0) is 16.8. The number of nitrogens with one attached hydrogen (secondary N) is 1. The molecule has 1 N–H and O–H groups in total. The number of rotatable bonds is 7. The number of hydrogen-bond donors (Lipinski definition) is 1. The molecule has 1 aromatic carbocycles. The van der Waals surface area contributed by atoms with E-state index in [0.29, 0.717) is 35.2 Å². The Morgan fingerprint density at radius 2 is 1.91 bits per heavy atom. The number of nitrogens with zero attached hydrogens (tertiary/aromatic N) is 2. The van der Waals surface area contributed by atoms with E-state index in [9.17, 15) is 4.79 Å². The number of benzene rings is 1. The molecule has 0 atom stereocenters. The van der Waals surface area contributed by atoms with Gasteiger partial charge < -0.3 is 14.8 Å². The second-order valence-electron chi connectivity index (χ2n) is 5.04. The first-order chi connectivity index (χ1) is 11.0. The molecule has 1 amide bonds. The molecule has 0 saturated heterocycles. The van der Waals surface area contributed by atoms with E-state index < -0.39 is 0 Å². The summed E-state index contributed by atoms with van der Waals surface area (Å²) in [5.74, 6) is 0.990. The maximum absolute atomic E-state index is 12.2. The monoisotopic (exact) mass is 337 g/mol. The Kier molecular flexibility index (Phi) is 5.87. The molecule has 0 spiro atoms. The van der Waals surface area contributed by atoms with Crippen LogP contribution in [0.3, 0.4) is 0 Å². The quantitative estimate of drug-likeness (QED) is 0.789. The fourth-order valence-corrected chi connectivity index (χ4v) is 2.24. The SMILES string of the molecule is COc1cc(OC)cc(C(=O)NCCCn2cc(Cl)c(C)n2)c1. The van der Waals surface area contributed by atoms with E-state index in [1.54, 1.807) is 43.3 Å². The van der Waals surface area contributed by atoms with Crippen molar-refractivity contribution in [3.8, 4) is 11.5 Å². The topological polar surface area (TPSA) is 65.4 Å². The molecule has 6 nitrogen and oxygen atoms in total. The lowest BCUT2D eigenvalue weighted by Crippen LogP contribution is -2.25. The van der Waals surface area contributed by atoms with Crippen LogP contribution in [0.2, 0.25) is 5.02 Å². The smallest absolute Gasteiger partial charge is 0.251 e. The van der Waals surface area contributed by atoms with E-state index in [2.05, 4.69) is 10.4 Å². The fraction of sp³-hybridized carbons (Fsp3) is 0.375. The standard InChI is InChI=1S/C16H20ClN3O3/c1-11-15(17)10-20(19-11)6-4-5-18-16(21)12-7-13(22-2)9-14(8-12)23-3/h7-10H,4-6H2,1-3H3,(H,18,21). The first-order valence-corrected chi connectivity index (χ1v) is 7.62. The van der Waals surface area contributed by atoms with Crippen molar-refractivity contribution in [3.05, 3.63) is 40.7 Å². The normalized spacial score (nSPS) is 10.4. The molecule has 7 heteroatoms. The molecule has 124 valence electrons. The first kappa shape index (κ1) is 17.1. The Hall–Kier alpha value is -2.21. The van der Waals surface area contributed by atoms with Gasteiger partial charge in [-0.3, -0.25) is 9.48 Å². The predicted molar refractivity (Wildman–Crippen MR) is 88.5 cm³/mol. The van der Waals surface area contributed by atoms with Gasteiger partial charge in [0.1, 0.15) is 11.5 Å². The minimum Gasteiger partial charge on any atom is -0.497 e. The molecule has 1 aromatic heterocycles. The highest BCUT2D eigenvalue weighted by Gasteiger charge is 2.09. The fourth-order valence-electron chi connectivity index (χ4n) is 2.09. The molecule has 23 heavy (non-hydrogen) atoms. The molecule has 0 unspecified atom stereocenters. The van der Waals surface area contributed by atoms with Gasteiger partial charge in [-0.2, -0.15) is 5.10 Å². The van der Waals surface area contributed by atoms with Gasteiger partial charge in [-0.05, 0) is 25.5 Å². The second kappa shape index (κ2) is 7.87. The Morgan fingerprint density at radius 1 is 1.26 bits per heavy atom. The molecular formula is C16H20ClN3O3. The number of ether oxygens (including phenoxy) is 2. The molecule has 0 aliphatic carbocycles. The van der Waals surface area contributed by atoms with Gasteiger partial charge in [0.05, 0.1) is 24.9 Å². The summed E-state index contributed by atoms with van der Waals surface area (Å²) in [5.41, 5.74) is 1.30. The van der Waals surface area contributed by atoms with Crippen LogP contribution in [0.25, 0.3) is 0 Å². The summed E-state index contributed by atoms with van der Waals surface area (Å²) >= 11 is 5.95. The third-order valence-corrected chi connectivity index (χ3v) is 3.72. The van der Waals surface area contributed by atoms with Crippen molar-refractivity contribution in [3.63, 3.8) is 0 Å². The van der Waals surface area contributed by atoms with Gasteiger partial charge in [0.15, 0.2) is 0 Å². The molecule has 2 aromatic rings. The van der Waals surface area contributed by atoms with Crippen LogP contribution in [0.15, 0.2) is 24.4 Å². The summed E-state index contributed by atoms with van der Waals surface area (Å²) in [6, 6.07) is 5.07. The van der Waals surface area contributed by atoms with Crippen molar-refractivity contribution in [1.82, 2.24) is 15.1 Å². The lowest BCUT2D eigenvalue weighted by Gasteiger charge is -2.09. The van der Waals surface area contributed by atoms with Crippen LogP contribution >= 0.6 is 11.6 Å². The molecule has 0 fully saturated rings. The molecule has 0 radical (unpaired) electrons. The molecule has 1 heterocycles. The van der Waals surface area contributed by atoms with Crippen molar-refractivity contribution in [2.45, 2.75) is 19.9 Å². The summed E-state index contributed by atoms with van der Waals surface area (Å²) in [6.45, 7) is 3.08. The molecule has 2 rings (SSSR count). The summed E-state index contributed by atoms with van der Waals surface area (Å²) in [5, 5.41) is 7.79. The van der Waals surface area contributed by atoms with Crippen molar-refractivity contribution >= 4 is 17.5 Å². The van der Waals surface area contributed by atoms with Crippen LogP contribution in [-0.2, 0) is 6.54 Å². The van der Waals surface area contributed by atoms with E-state index in [0.717, 1.165) is 12.1 Å². The van der Waals surface area contributed by atoms with E-state index >= 15 is 0 Å². The maximum atomic E-state index is 12.2. The van der Waals surface area contributed by atoms with E-state index in [1.807, 2.05) is 6.92 Å². The highest BCUT2D eigenvalue weighted by molar-refractivity contribution is 6.31. The number of carbonyl (C=O) groups is 1. The zero-order valence-corrected chi connectivity index (χ0v) is 14.2. The second-order valence-corrected chi connectivity index (χ2v) is 5.44. The van der Waals surface area contributed by atoms with Crippen LogP contribution in [0, 0.1) is 6.92 Å². The number of carbonyl (C=O) groups excluding carboxylic acids is 1. The third-order valence-electron chi connectivity index (χ3n) is 3.35. The van der Waals surface area contributed by atoms with Gasteiger partial charge >= 0.3 is 0 Å². The van der Waals surface area contributed by atoms with E-state index in [1.165, 1.54) is 0 Å². The number of aryl methyl sites for hydroxylation is 2. The van der Waals surface area contributed by atoms with E-state index in [-0.39, 0.29) is 5.91 Å². The minimum absolute atomic E-state index is 0.170. The highest BCUT2D eigenvalue weighted by atomic mass is 35.5. The van der Waals surface area contributed by atoms with Gasteiger partial charge in [-0.25, -0.2) is 0 Å². The lowest BCUT2D eigenvalue weighted by atomic mass is 10.2. The number of hydrogen-bond acceptors (Lipinski definition) is 4. The summed E-state index contributed by atoms with van der Waals surface area (Å²) in [7, 11) is 3.10. The van der Waals surface area contributed by atoms with Crippen LogP contribution in [-0.4, -0.2) is 36.5 Å². The average molecular weight is 338 g/mol. The van der Waals surface area contributed by atoms with Crippen LogP contribution in [0.1, 0.15) is 22.5 Å². The third kappa shape index (κ3) is 4.63. The summed E-state index contributed by atoms with van der Waals surface area (Å²) in [6.07, 6.45) is 2.54. The van der Waals surface area contributed by atoms with E-state index in [4.69, 9.17) is 21.1 Å². The first-order valence-electron chi connectivity index (χ1n) is 7.24. The Morgan fingerprint density at radius 3 is 2.43 bits per heavy atom. The molecule has 0 saturated carbocycles. The molecule has 0 aliphatic rings. The highest BCUT2D eigenvalue weighted by Crippen LogP contribution is 2.22. The van der Waals surface area contributed by atoms with Gasteiger partial charge in [-0.15, -0.1) is 0 Å². The number of halogens is 1. The Bertz CT molecular complexity index is 643. The Balaban J connectivity index is 1.87. The molecular weight excluding hydrogens is 318 g/mol. The minimum atomic E-state index is -0.170. The molecule has 0 aliphatic heterocycles. The van der Waals surface area contributed by atoms with Crippen molar-refractivity contribution in [1.29, 1.82) is 0 Å². The summed E-state index contributed by atoms with van der Waals surface area (Å²) in [4.78, 5) is 12.2. The largest absolute Gasteiger partial charge is 0.497 e. The van der Waals surface area contributed by atoms with Gasteiger partial charge in [-0.1, -0.05) is 11.6 Å². The van der Waals surface area contributed by atoms with Crippen molar-refractivity contribution in [2.75, 3.05) is 20.8 Å². The van der Waals surface area contributed by atoms with Gasteiger partial charge in [0.2, 0.25) is 0 Å². The number of methoxy groups -OCH3 is 2. The van der Waals surface area contributed by atoms with Gasteiger partial charge in [0, 0.05) is 30.9 Å². The number of aromatic nitrogens is 2. The zero-order valence-electron chi connectivity index (χ0n) is 13.4. The van der Waals surface area contributed by atoms with Crippen molar-refractivity contribution < 1.29 is 14.3 Å². The lowest BCUT2D eigenvalue weighted by molar-refractivity contribution is 0.0952. The number of amides is 1. The molecule has 0 bridgehead atoms. The van der Waals surface area contributed by atoms with Crippen molar-refractivity contribution in [2.24, 2.45) is 0 Å². The summed E-state index contributed by atoms with van der Waals surface area (Å²) < 4.78 is 12.1. The average Bonchev–Trinajstić information content (AvgIpc) is 2.88.